The van der Waals surface area contributed by atoms with Gasteiger partial charge in [0.1, 0.15) is 5.82 Å². The minimum absolute atomic E-state index is 0.0852. The van der Waals surface area contributed by atoms with E-state index in [9.17, 15) is 0 Å². The molecule has 0 aliphatic heterocycles. The van der Waals surface area contributed by atoms with Crippen molar-refractivity contribution >= 4 is 11.8 Å². The Hall–Kier alpha value is -1.30. The minimum Gasteiger partial charge on any atom is -0.338 e. The average Bonchev–Trinajstić information content (AvgIpc) is 2.81. The zero-order valence-electron chi connectivity index (χ0n) is 10.6. The van der Waals surface area contributed by atoms with E-state index in [-0.39, 0.29) is 6.04 Å². The number of imidazole rings is 1. The summed E-state index contributed by atoms with van der Waals surface area (Å²) in [5.74, 6) is 6.67. The molecule has 0 aliphatic carbocycles. The highest BCUT2D eigenvalue weighted by Gasteiger charge is 2.12. The van der Waals surface area contributed by atoms with Crippen LogP contribution in [0.3, 0.4) is 0 Å². The molecule has 0 bridgehead atoms. The molecule has 0 radical (unpaired) electrons. The molecule has 96 valence electrons. The van der Waals surface area contributed by atoms with Gasteiger partial charge in [-0.2, -0.15) is 0 Å². The van der Waals surface area contributed by atoms with Gasteiger partial charge >= 0.3 is 0 Å². The van der Waals surface area contributed by atoms with Crippen molar-refractivity contribution in [2.24, 2.45) is 12.9 Å². The Bertz CT molecular complexity index is 492. The molecule has 3 N–H and O–H groups in total. The van der Waals surface area contributed by atoms with Crippen molar-refractivity contribution in [3.05, 3.63) is 48.0 Å². The van der Waals surface area contributed by atoms with Crippen LogP contribution < -0.4 is 11.3 Å². The molecule has 1 unspecified atom stereocenters. The van der Waals surface area contributed by atoms with Gasteiger partial charge in [0.15, 0.2) is 0 Å². The van der Waals surface area contributed by atoms with Crippen LogP contribution in [0.2, 0.25) is 0 Å². The first kappa shape index (κ1) is 13.1. The quantitative estimate of drug-likeness (QED) is 0.491. The lowest BCUT2D eigenvalue weighted by Crippen LogP contribution is -2.30. The molecule has 0 fully saturated rings. The van der Waals surface area contributed by atoms with Gasteiger partial charge in [-0.3, -0.25) is 11.3 Å². The Labute approximate surface area is 112 Å². The highest BCUT2D eigenvalue weighted by Crippen LogP contribution is 2.20. The van der Waals surface area contributed by atoms with Gasteiger partial charge in [-0.15, -0.1) is 11.8 Å². The number of hydrogen-bond donors (Lipinski definition) is 2. The number of nitrogens with one attached hydrogen (secondary N) is 1. The summed E-state index contributed by atoms with van der Waals surface area (Å²) < 4.78 is 2.01. The predicted molar refractivity (Wildman–Crippen MR) is 75.2 cm³/mol. The van der Waals surface area contributed by atoms with Crippen LogP contribution in [0.25, 0.3) is 0 Å². The second-order valence-electron chi connectivity index (χ2n) is 4.15. The summed E-state index contributed by atoms with van der Waals surface area (Å²) in [7, 11) is 1.99. The lowest BCUT2D eigenvalue weighted by molar-refractivity contribution is 0.530. The first-order valence-electron chi connectivity index (χ1n) is 5.81. The Morgan fingerprint density at radius 1 is 1.39 bits per heavy atom. The molecule has 0 saturated heterocycles. The summed E-state index contributed by atoms with van der Waals surface area (Å²) >= 11 is 1.74. The largest absolute Gasteiger partial charge is 0.338 e. The molecule has 1 aromatic heterocycles. The first-order chi connectivity index (χ1) is 8.74. The summed E-state index contributed by atoms with van der Waals surface area (Å²) in [6.07, 6.45) is 6.60. The number of rotatable bonds is 5. The van der Waals surface area contributed by atoms with E-state index < -0.39 is 0 Å². The average molecular weight is 262 g/mol. The number of aromatic nitrogens is 2. The van der Waals surface area contributed by atoms with E-state index in [0.717, 1.165) is 12.2 Å². The number of thioether (sulfide) groups is 1. The van der Waals surface area contributed by atoms with Gasteiger partial charge in [0.05, 0.1) is 6.04 Å². The zero-order chi connectivity index (χ0) is 13.0. The van der Waals surface area contributed by atoms with Gasteiger partial charge in [-0.1, -0.05) is 12.1 Å². The molecule has 0 aliphatic rings. The number of hydrazine groups is 1. The lowest BCUT2D eigenvalue weighted by atomic mass is 10.0. The molecule has 1 atom stereocenters. The third-order valence-electron chi connectivity index (χ3n) is 3.03. The van der Waals surface area contributed by atoms with Crippen molar-refractivity contribution in [3.63, 3.8) is 0 Å². The Morgan fingerprint density at radius 2 is 2.11 bits per heavy atom. The number of aryl methyl sites for hydroxylation is 1. The van der Waals surface area contributed by atoms with Crippen molar-refractivity contribution in [2.75, 3.05) is 6.26 Å². The number of nitrogens with zero attached hydrogens (tertiary/aromatic N) is 2. The van der Waals surface area contributed by atoms with E-state index in [1.165, 1.54) is 10.5 Å². The van der Waals surface area contributed by atoms with Crippen LogP contribution in [0.4, 0.5) is 0 Å². The lowest BCUT2D eigenvalue weighted by Gasteiger charge is -2.16. The molecule has 1 heterocycles. The van der Waals surface area contributed by atoms with Crippen LogP contribution in [-0.4, -0.2) is 15.8 Å². The molecule has 0 spiro atoms. The molecule has 2 rings (SSSR count). The standard InChI is InChI=1S/C13H18N4S/c1-17-8-7-15-13(17)9-12(16-14)10-3-5-11(18-2)6-4-10/h3-8,12,16H,9,14H2,1-2H3. The fraction of sp³-hybridized carbons (Fsp3) is 0.308. The number of hydrogen-bond acceptors (Lipinski definition) is 4. The van der Waals surface area contributed by atoms with Crippen LogP contribution in [0.15, 0.2) is 41.6 Å². The predicted octanol–water partition coefficient (Wildman–Crippen LogP) is 1.89. The third-order valence-corrected chi connectivity index (χ3v) is 3.77. The van der Waals surface area contributed by atoms with Crippen molar-refractivity contribution in [1.82, 2.24) is 15.0 Å². The SMILES string of the molecule is CSc1ccc(C(Cc2nccn2C)NN)cc1. The maximum atomic E-state index is 5.65. The van der Waals surface area contributed by atoms with E-state index in [2.05, 4.69) is 40.9 Å². The highest BCUT2D eigenvalue weighted by atomic mass is 32.2. The zero-order valence-corrected chi connectivity index (χ0v) is 11.4. The Kier molecular flexibility index (Phi) is 4.41. The van der Waals surface area contributed by atoms with Crippen LogP contribution in [0.5, 0.6) is 0 Å². The molecule has 18 heavy (non-hydrogen) atoms. The Morgan fingerprint density at radius 3 is 2.61 bits per heavy atom. The van der Waals surface area contributed by atoms with Crippen molar-refractivity contribution in [2.45, 2.75) is 17.4 Å². The second kappa shape index (κ2) is 6.04. The fourth-order valence-corrected chi connectivity index (χ4v) is 2.29. The molecule has 2 aromatic rings. The van der Waals surface area contributed by atoms with Crippen molar-refractivity contribution in [1.29, 1.82) is 0 Å². The smallest absolute Gasteiger partial charge is 0.110 e. The normalized spacial score (nSPS) is 12.6. The first-order valence-corrected chi connectivity index (χ1v) is 7.03. The topological polar surface area (TPSA) is 55.9 Å². The molecule has 0 amide bonds. The minimum atomic E-state index is 0.0852. The summed E-state index contributed by atoms with van der Waals surface area (Å²) in [5, 5.41) is 0. The summed E-state index contributed by atoms with van der Waals surface area (Å²) in [6.45, 7) is 0. The van der Waals surface area contributed by atoms with Gasteiger partial charge in [-0.25, -0.2) is 4.98 Å². The molecule has 1 aromatic carbocycles. The molecular formula is C13H18N4S. The van der Waals surface area contributed by atoms with Crippen LogP contribution in [0.1, 0.15) is 17.4 Å². The van der Waals surface area contributed by atoms with Gasteiger partial charge in [0, 0.05) is 30.8 Å². The van der Waals surface area contributed by atoms with E-state index in [1.54, 1.807) is 18.0 Å². The second-order valence-corrected chi connectivity index (χ2v) is 5.03. The monoisotopic (exact) mass is 262 g/mol. The molecule has 4 nitrogen and oxygen atoms in total. The number of benzene rings is 1. The van der Waals surface area contributed by atoms with Gasteiger partial charge in [0.25, 0.3) is 0 Å². The van der Waals surface area contributed by atoms with E-state index in [1.807, 2.05) is 17.8 Å². The van der Waals surface area contributed by atoms with E-state index >= 15 is 0 Å². The van der Waals surface area contributed by atoms with Gasteiger partial charge in [0.2, 0.25) is 0 Å². The summed E-state index contributed by atoms with van der Waals surface area (Å²) in [5.41, 5.74) is 4.04. The molecule has 0 saturated carbocycles. The van der Waals surface area contributed by atoms with Gasteiger partial charge < -0.3 is 4.57 Å². The molecular weight excluding hydrogens is 244 g/mol. The summed E-state index contributed by atoms with van der Waals surface area (Å²) in [6, 6.07) is 8.53. The highest BCUT2D eigenvalue weighted by molar-refractivity contribution is 7.98. The summed E-state index contributed by atoms with van der Waals surface area (Å²) in [4.78, 5) is 5.58. The third kappa shape index (κ3) is 2.93. The van der Waals surface area contributed by atoms with E-state index in [4.69, 9.17) is 5.84 Å². The fourth-order valence-electron chi connectivity index (χ4n) is 1.88. The maximum absolute atomic E-state index is 5.65. The van der Waals surface area contributed by atoms with Gasteiger partial charge in [-0.05, 0) is 24.0 Å². The van der Waals surface area contributed by atoms with E-state index in [0.29, 0.717) is 0 Å². The van der Waals surface area contributed by atoms with Crippen LogP contribution >= 0.6 is 11.8 Å². The van der Waals surface area contributed by atoms with Crippen LogP contribution in [-0.2, 0) is 13.5 Å². The number of nitrogens with two attached hydrogens (primary N) is 1. The van der Waals surface area contributed by atoms with Crippen molar-refractivity contribution in [3.8, 4) is 0 Å². The van der Waals surface area contributed by atoms with Crippen molar-refractivity contribution < 1.29 is 0 Å². The molecule has 5 heteroatoms. The maximum Gasteiger partial charge on any atom is 0.110 e. The van der Waals surface area contributed by atoms with Crippen LogP contribution in [0, 0.1) is 0 Å². The Balaban J connectivity index is 2.15.